The molecule has 0 fully saturated rings. The monoisotopic (exact) mass is 439 g/mol. The minimum Gasteiger partial charge on any atom is -0.486 e. The molecule has 0 atom stereocenters. The first-order valence-corrected chi connectivity index (χ1v) is 9.86. The molecule has 0 saturated carbocycles. The molecule has 9 heteroatoms. The SMILES string of the molecule is O=C(Nc1ccc2c(c1)OCCO2)c1ccc(NCc2ccccc2Cl)c([N+](=O)[O-])c1. The highest BCUT2D eigenvalue weighted by molar-refractivity contribution is 6.31. The molecule has 0 unspecified atom stereocenters. The highest BCUT2D eigenvalue weighted by Gasteiger charge is 2.19. The summed E-state index contributed by atoms with van der Waals surface area (Å²) in [4.78, 5) is 23.7. The van der Waals surface area contributed by atoms with E-state index in [0.717, 1.165) is 5.56 Å². The highest BCUT2D eigenvalue weighted by Crippen LogP contribution is 2.33. The molecule has 31 heavy (non-hydrogen) atoms. The van der Waals surface area contributed by atoms with Gasteiger partial charge in [0.15, 0.2) is 11.5 Å². The van der Waals surface area contributed by atoms with Crippen LogP contribution < -0.4 is 20.1 Å². The average Bonchev–Trinajstić information content (AvgIpc) is 2.78. The molecule has 1 amide bonds. The third-order valence-corrected chi connectivity index (χ3v) is 5.05. The van der Waals surface area contributed by atoms with E-state index in [9.17, 15) is 14.9 Å². The maximum atomic E-state index is 12.6. The fraction of sp³-hybridized carbons (Fsp3) is 0.136. The second kappa shape index (κ2) is 8.93. The zero-order valence-electron chi connectivity index (χ0n) is 16.3. The second-order valence-corrected chi connectivity index (χ2v) is 7.15. The Balaban J connectivity index is 1.51. The number of nitro groups is 1. The summed E-state index contributed by atoms with van der Waals surface area (Å²) in [6.45, 7) is 1.21. The number of hydrogen-bond donors (Lipinski definition) is 2. The minimum absolute atomic E-state index is 0.157. The number of anilines is 2. The predicted octanol–water partition coefficient (Wildman–Crippen LogP) is 4.88. The lowest BCUT2D eigenvalue weighted by atomic mass is 10.1. The first-order valence-electron chi connectivity index (χ1n) is 9.48. The topological polar surface area (TPSA) is 103 Å². The second-order valence-electron chi connectivity index (χ2n) is 6.75. The van der Waals surface area contributed by atoms with Crippen LogP contribution in [-0.2, 0) is 6.54 Å². The molecule has 4 rings (SSSR count). The molecule has 1 heterocycles. The van der Waals surface area contributed by atoms with Gasteiger partial charge in [-0.25, -0.2) is 0 Å². The van der Waals surface area contributed by atoms with Gasteiger partial charge in [0.1, 0.15) is 18.9 Å². The van der Waals surface area contributed by atoms with E-state index in [1.807, 2.05) is 18.2 Å². The molecular weight excluding hydrogens is 422 g/mol. The Morgan fingerprint density at radius 2 is 1.81 bits per heavy atom. The van der Waals surface area contributed by atoms with E-state index >= 15 is 0 Å². The fourth-order valence-electron chi connectivity index (χ4n) is 3.13. The lowest BCUT2D eigenvalue weighted by molar-refractivity contribution is -0.384. The van der Waals surface area contributed by atoms with Gasteiger partial charge in [0.05, 0.1) is 4.92 Å². The van der Waals surface area contributed by atoms with Crippen LogP contribution in [0.5, 0.6) is 11.5 Å². The standard InChI is InChI=1S/C22H18ClN3O5/c23-17-4-2-1-3-15(17)13-24-18-7-5-14(11-19(18)26(28)29)22(27)25-16-6-8-20-21(12-16)31-10-9-30-20/h1-8,11-12,24H,9-10,13H2,(H,25,27). The number of rotatable bonds is 6. The number of halogens is 1. The van der Waals surface area contributed by atoms with Crippen LogP contribution in [-0.4, -0.2) is 24.0 Å². The number of benzene rings is 3. The fourth-order valence-corrected chi connectivity index (χ4v) is 3.33. The van der Waals surface area contributed by atoms with E-state index in [1.165, 1.54) is 18.2 Å². The number of hydrogen-bond acceptors (Lipinski definition) is 6. The van der Waals surface area contributed by atoms with Crippen LogP contribution in [0.15, 0.2) is 60.7 Å². The van der Waals surface area contributed by atoms with E-state index in [1.54, 1.807) is 24.3 Å². The van der Waals surface area contributed by atoms with Crippen LogP contribution in [0.2, 0.25) is 5.02 Å². The molecule has 8 nitrogen and oxygen atoms in total. The number of nitro benzene ring substituents is 1. The van der Waals surface area contributed by atoms with Gasteiger partial charge in [-0.05, 0) is 35.9 Å². The number of fused-ring (bicyclic) bond motifs is 1. The number of nitrogens with one attached hydrogen (secondary N) is 2. The van der Waals surface area contributed by atoms with Crippen molar-refractivity contribution in [2.24, 2.45) is 0 Å². The van der Waals surface area contributed by atoms with Crippen LogP contribution in [0.3, 0.4) is 0 Å². The highest BCUT2D eigenvalue weighted by atomic mass is 35.5. The maximum Gasteiger partial charge on any atom is 0.293 e. The summed E-state index contributed by atoms with van der Waals surface area (Å²) >= 11 is 6.14. The van der Waals surface area contributed by atoms with E-state index in [0.29, 0.717) is 47.7 Å². The zero-order chi connectivity index (χ0) is 21.8. The lowest BCUT2D eigenvalue weighted by Crippen LogP contribution is -2.16. The van der Waals surface area contributed by atoms with Crippen LogP contribution in [0.1, 0.15) is 15.9 Å². The molecule has 0 aromatic heterocycles. The maximum absolute atomic E-state index is 12.6. The van der Waals surface area contributed by atoms with Crippen molar-refractivity contribution in [1.29, 1.82) is 0 Å². The number of amides is 1. The van der Waals surface area contributed by atoms with E-state index in [2.05, 4.69) is 10.6 Å². The zero-order valence-corrected chi connectivity index (χ0v) is 17.0. The number of carbonyl (C=O) groups excluding carboxylic acids is 1. The number of nitrogens with zero attached hydrogens (tertiary/aromatic N) is 1. The Kier molecular flexibility index (Phi) is 5.90. The Morgan fingerprint density at radius 1 is 1.03 bits per heavy atom. The van der Waals surface area contributed by atoms with E-state index in [4.69, 9.17) is 21.1 Å². The summed E-state index contributed by atoms with van der Waals surface area (Å²) in [5.41, 5.74) is 1.55. The van der Waals surface area contributed by atoms with Crippen LogP contribution in [0.25, 0.3) is 0 Å². The van der Waals surface area contributed by atoms with Crippen molar-refractivity contribution in [3.63, 3.8) is 0 Å². The van der Waals surface area contributed by atoms with E-state index < -0.39 is 10.8 Å². The first-order chi connectivity index (χ1) is 15.0. The van der Waals surface area contributed by atoms with Crippen molar-refractivity contribution in [3.05, 3.63) is 86.9 Å². The van der Waals surface area contributed by atoms with Gasteiger partial charge in [0, 0.05) is 35.0 Å². The first kappa shape index (κ1) is 20.5. The largest absolute Gasteiger partial charge is 0.486 e. The number of carbonyl (C=O) groups is 1. The molecule has 1 aliphatic heterocycles. The summed E-state index contributed by atoms with van der Waals surface area (Å²) < 4.78 is 11.0. The molecular formula is C22H18ClN3O5. The van der Waals surface area contributed by atoms with Crippen molar-refractivity contribution < 1.29 is 19.2 Å². The molecule has 0 radical (unpaired) electrons. The molecule has 0 spiro atoms. The molecule has 3 aromatic carbocycles. The molecule has 0 saturated heterocycles. The van der Waals surface area contributed by atoms with Gasteiger partial charge < -0.3 is 20.1 Å². The third-order valence-electron chi connectivity index (χ3n) is 4.68. The summed E-state index contributed by atoms with van der Waals surface area (Å²) in [7, 11) is 0. The molecule has 2 N–H and O–H groups in total. The number of ether oxygens (including phenoxy) is 2. The van der Waals surface area contributed by atoms with Crippen LogP contribution >= 0.6 is 11.6 Å². The average molecular weight is 440 g/mol. The molecule has 1 aliphatic rings. The van der Waals surface area contributed by atoms with Gasteiger partial charge in [-0.15, -0.1) is 0 Å². The summed E-state index contributed by atoms with van der Waals surface area (Å²) in [6, 6.07) is 16.5. The van der Waals surface area contributed by atoms with Gasteiger partial charge in [0.25, 0.3) is 11.6 Å². The van der Waals surface area contributed by atoms with E-state index in [-0.39, 0.29) is 11.3 Å². The third kappa shape index (κ3) is 4.70. The molecule has 0 bridgehead atoms. The molecule has 158 valence electrons. The van der Waals surface area contributed by atoms with Gasteiger partial charge in [-0.1, -0.05) is 29.8 Å². The Morgan fingerprint density at radius 3 is 2.58 bits per heavy atom. The quantitative estimate of drug-likeness (QED) is 0.419. The lowest BCUT2D eigenvalue weighted by Gasteiger charge is -2.19. The van der Waals surface area contributed by atoms with Crippen molar-refractivity contribution in [2.75, 3.05) is 23.8 Å². The summed E-state index contributed by atoms with van der Waals surface area (Å²) in [5.74, 6) is 0.667. The Hall–Kier alpha value is -3.78. The van der Waals surface area contributed by atoms with Gasteiger partial charge in [-0.2, -0.15) is 0 Å². The van der Waals surface area contributed by atoms with Crippen molar-refractivity contribution in [3.8, 4) is 11.5 Å². The van der Waals surface area contributed by atoms with Crippen molar-refractivity contribution in [2.45, 2.75) is 6.54 Å². The Labute approximate surface area is 182 Å². The molecule has 3 aromatic rings. The Bertz CT molecular complexity index is 1150. The smallest absolute Gasteiger partial charge is 0.293 e. The van der Waals surface area contributed by atoms with Gasteiger partial charge in [0.2, 0.25) is 0 Å². The predicted molar refractivity (Wildman–Crippen MR) is 117 cm³/mol. The van der Waals surface area contributed by atoms with Gasteiger partial charge in [-0.3, -0.25) is 14.9 Å². The van der Waals surface area contributed by atoms with Crippen LogP contribution in [0, 0.1) is 10.1 Å². The molecule has 0 aliphatic carbocycles. The summed E-state index contributed by atoms with van der Waals surface area (Å²) in [5, 5.41) is 17.9. The van der Waals surface area contributed by atoms with Crippen molar-refractivity contribution >= 4 is 34.6 Å². The van der Waals surface area contributed by atoms with Gasteiger partial charge >= 0.3 is 0 Å². The van der Waals surface area contributed by atoms with Crippen LogP contribution in [0.4, 0.5) is 17.1 Å². The van der Waals surface area contributed by atoms with Crippen molar-refractivity contribution in [1.82, 2.24) is 0 Å². The summed E-state index contributed by atoms with van der Waals surface area (Å²) in [6.07, 6.45) is 0. The minimum atomic E-state index is -0.532. The normalized spacial score (nSPS) is 12.2.